The third-order valence-electron chi connectivity index (χ3n) is 2.05. The molecule has 1 heterocycles. The number of rotatable bonds is 4. The van der Waals surface area contributed by atoms with Crippen LogP contribution < -0.4 is 0 Å². The average molecular weight is 235 g/mol. The number of nitro groups is 1. The Morgan fingerprint density at radius 2 is 2.18 bits per heavy atom. The lowest BCUT2D eigenvalue weighted by molar-refractivity contribution is -0.385. The van der Waals surface area contributed by atoms with Crippen molar-refractivity contribution in [2.75, 3.05) is 14.1 Å². The smallest absolute Gasteiger partial charge is 0.295 e. The molecule has 0 bridgehead atoms. The summed E-state index contributed by atoms with van der Waals surface area (Å²) in [6, 6.07) is 1.47. The Labute approximate surface area is 98.7 Å². The number of Topliss-reactive ketones (excluding diaryl/α,β-unsaturated/α-hetero) is 1. The molecule has 1 aromatic heterocycles. The van der Waals surface area contributed by atoms with Gasteiger partial charge in [0.05, 0.1) is 10.5 Å². The van der Waals surface area contributed by atoms with Gasteiger partial charge in [0, 0.05) is 32.1 Å². The van der Waals surface area contributed by atoms with Crippen molar-refractivity contribution in [1.82, 2.24) is 9.88 Å². The van der Waals surface area contributed by atoms with Crippen molar-refractivity contribution < 1.29 is 9.72 Å². The molecule has 90 valence electrons. The van der Waals surface area contributed by atoms with Gasteiger partial charge in [0.25, 0.3) is 5.69 Å². The summed E-state index contributed by atoms with van der Waals surface area (Å²) in [5.74, 6) is -0.229. The van der Waals surface area contributed by atoms with Gasteiger partial charge in [0.2, 0.25) is 0 Å². The first kappa shape index (κ1) is 12.8. The second-order valence-electron chi connectivity index (χ2n) is 3.71. The fourth-order valence-corrected chi connectivity index (χ4v) is 1.37. The number of ketones is 1. The molecule has 6 heteroatoms. The number of carbonyl (C=O) groups excluding carboxylic acids is 1. The Hall–Kier alpha value is -2.24. The first-order chi connectivity index (χ1) is 7.93. The van der Waals surface area contributed by atoms with Crippen LogP contribution in [0.15, 0.2) is 24.7 Å². The zero-order chi connectivity index (χ0) is 13.0. The van der Waals surface area contributed by atoms with Crippen molar-refractivity contribution in [3.63, 3.8) is 0 Å². The number of allylic oxidation sites excluding steroid dienone is 1. The van der Waals surface area contributed by atoms with Gasteiger partial charge in [-0.25, -0.2) is 0 Å². The minimum Gasteiger partial charge on any atom is -0.383 e. The van der Waals surface area contributed by atoms with E-state index in [-0.39, 0.29) is 17.0 Å². The lowest BCUT2D eigenvalue weighted by Crippen LogP contribution is -2.08. The van der Waals surface area contributed by atoms with Crippen molar-refractivity contribution in [1.29, 1.82) is 0 Å². The summed E-state index contributed by atoms with van der Waals surface area (Å²) in [7, 11) is 3.49. The van der Waals surface area contributed by atoms with E-state index < -0.39 is 4.92 Å². The molecule has 0 N–H and O–H groups in total. The van der Waals surface area contributed by atoms with E-state index in [2.05, 4.69) is 4.98 Å². The van der Waals surface area contributed by atoms with Crippen LogP contribution in [-0.4, -0.2) is 34.7 Å². The number of hydrogen-bond donors (Lipinski definition) is 0. The molecule has 0 aromatic carbocycles. The number of hydrogen-bond acceptors (Lipinski definition) is 5. The van der Waals surface area contributed by atoms with Gasteiger partial charge >= 0.3 is 0 Å². The minimum absolute atomic E-state index is 0.171. The van der Waals surface area contributed by atoms with Gasteiger partial charge in [-0.1, -0.05) is 0 Å². The monoisotopic (exact) mass is 235 g/mol. The molecule has 0 radical (unpaired) electrons. The van der Waals surface area contributed by atoms with E-state index in [0.29, 0.717) is 5.57 Å². The van der Waals surface area contributed by atoms with E-state index in [1.807, 2.05) is 0 Å². The molecule has 0 saturated carbocycles. The first-order valence-corrected chi connectivity index (χ1v) is 4.91. The highest BCUT2D eigenvalue weighted by Crippen LogP contribution is 2.25. The van der Waals surface area contributed by atoms with Gasteiger partial charge in [0.15, 0.2) is 5.78 Å². The number of nitrogens with zero attached hydrogens (tertiary/aromatic N) is 3. The molecule has 1 aromatic rings. The Balaban J connectivity index is 3.39. The summed E-state index contributed by atoms with van der Waals surface area (Å²) in [6.07, 6.45) is 4.13. The van der Waals surface area contributed by atoms with Gasteiger partial charge in [-0.05, 0) is 13.0 Å². The van der Waals surface area contributed by atoms with Crippen LogP contribution >= 0.6 is 0 Å². The summed E-state index contributed by atoms with van der Waals surface area (Å²) < 4.78 is 0. The highest BCUT2D eigenvalue weighted by molar-refractivity contribution is 6.20. The molecule has 0 amide bonds. The lowest BCUT2D eigenvalue weighted by atomic mass is 10.0. The number of carbonyl (C=O) groups is 1. The van der Waals surface area contributed by atoms with Crippen LogP contribution in [0.2, 0.25) is 0 Å². The van der Waals surface area contributed by atoms with Crippen LogP contribution in [0.5, 0.6) is 0 Å². The van der Waals surface area contributed by atoms with Crippen LogP contribution in [0.1, 0.15) is 12.5 Å². The molecule has 0 spiro atoms. The van der Waals surface area contributed by atoms with E-state index in [1.165, 1.54) is 19.2 Å². The Morgan fingerprint density at radius 1 is 1.53 bits per heavy atom. The summed E-state index contributed by atoms with van der Waals surface area (Å²) in [5.41, 5.74) is 0.408. The molecular weight excluding hydrogens is 222 g/mol. The van der Waals surface area contributed by atoms with E-state index in [9.17, 15) is 14.9 Å². The van der Waals surface area contributed by atoms with Crippen molar-refractivity contribution in [3.05, 3.63) is 40.3 Å². The Bertz CT molecular complexity index is 481. The van der Waals surface area contributed by atoms with Gasteiger partial charge in [0.1, 0.15) is 6.20 Å². The van der Waals surface area contributed by atoms with Crippen LogP contribution in [0, 0.1) is 10.1 Å². The van der Waals surface area contributed by atoms with E-state index >= 15 is 0 Å². The third kappa shape index (κ3) is 3.10. The third-order valence-corrected chi connectivity index (χ3v) is 2.05. The van der Waals surface area contributed by atoms with Crippen molar-refractivity contribution in [3.8, 4) is 0 Å². The Morgan fingerprint density at radius 3 is 2.65 bits per heavy atom. The van der Waals surface area contributed by atoms with Crippen molar-refractivity contribution >= 4 is 17.0 Å². The lowest BCUT2D eigenvalue weighted by Gasteiger charge is -2.09. The summed E-state index contributed by atoms with van der Waals surface area (Å²) in [5, 5.41) is 10.8. The van der Waals surface area contributed by atoms with Crippen molar-refractivity contribution in [2.45, 2.75) is 6.92 Å². The molecule has 0 saturated heterocycles. The molecule has 1 rings (SSSR count). The second-order valence-corrected chi connectivity index (χ2v) is 3.71. The predicted octanol–water partition coefficient (Wildman–Crippen LogP) is 1.48. The second kappa shape index (κ2) is 5.20. The maximum atomic E-state index is 11.5. The zero-order valence-electron chi connectivity index (χ0n) is 9.88. The summed E-state index contributed by atoms with van der Waals surface area (Å²) in [4.78, 5) is 27.2. The molecule has 17 heavy (non-hydrogen) atoms. The highest BCUT2D eigenvalue weighted by Gasteiger charge is 2.19. The molecule has 0 aliphatic heterocycles. The standard InChI is InChI=1S/C11H13N3O3/c1-8(15)10(7-13(2)3)9-4-5-12-6-11(9)14(16)17/h4-7H,1-3H3/b10-7+. The molecule has 6 nitrogen and oxygen atoms in total. The zero-order valence-corrected chi connectivity index (χ0v) is 9.88. The van der Waals surface area contributed by atoms with Gasteiger partial charge in [-0.3, -0.25) is 19.9 Å². The maximum Gasteiger partial charge on any atom is 0.295 e. The molecule has 0 aliphatic carbocycles. The van der Waals surface area contributed by atoms with Crippen molar-refractivity contribution in [2.24, 2.45) is 0 Å². The largest absolute Gasteiger partial charge is 0.383 e. The summed E-state index contributed by atoms with van der Waals surface area (Å²) in [6.45, 7) is 1.37. The topological polar surface area (TPSA) is 76.3 Å². The molecule has 0 aliphatic rings. The molecule has 0 atom stereocenters. The fourth-order valence-electron chi connectivity index (χ4n) is 1.37. The van der Waals surface area contributed by atoms with E-state index in [0.717, 1.165) is 6.20 Å². The van der Waals surface area contributed by atoms with Gasteiger partial charge in [-0.2, -0.15) is 0 Å². The highest BCUT2D eigenvalue weighted by atomic mass is 16.6. The maximum absolute atomic E-state index is 11.5. The van der Waals surface area contributed by atoms with Crippen LogP contribution in [0.25, 0.3) is 5.57 Å². The molecular formula is C11H13N3O3. The predicted molar refractivity (Wildman–Crippen MR) is 63.2 cm³/mol. The van der Waals surface area contributed by atoms with Gasteiger partial charge < -0.3 is 4.90 Å². The minimum atomic E-state index is -0.547. The molecule has 0 fully saturated rings. The average Bonchev–Trinajstić information content (AvgIpc) is 2.25. The van der Waals surface area contributed by atoms with Crippen LogP contribution in [0.4, 0.5) is 5.69 Å². The van der Waals surface area contributed by atoms with Gasteiger partial charge in [-0.15, -0.1) is 0 Å². The number of pyridine rings is 1. The SMILES string of the molecule is CC(=O)/C(=C\N(C)C)c1ccncc1[N+](=O)[O-]. The van der Waals surface area contributed by atoms with E-state index in [4.69, 9.17) is 0 Å². The van der Waals surface area contributed by atoms with Crippen LogP contribution in [-0.2, 0) is 4.79 Å². The fraction of sp³-hybridized carbons (Fsp3) is 0.273. The first-order valence-electron chi connectivity index (χ1n) is 4.91. The quantitative estimate of drug-likeness (QED) is 0.449. The normalized spacial score (nSPS) is 11.1. The van der Waals surface area contributed by atoms with Crippen LogP contribution in [0.3, 0.4) is 0 Å². The summed E-state index contributed by atoms with van der Waals surface area (Å²) >= 11 is 0. The number of aromatic nitrogens is 1. The van der Waals surface area contributed by atoms with E-state index in [1.54, 1.807) is 25.2 Å². The Kier molecular flexibility index (Phi) is 3.92. The molecule has 0 unspecified atom stereocenters.